The molecule has 18 heavy (non-hydrogen) atoms. The largest absolute Gasteiger partial charge is 0.494 e. The molecule has 1 amide bonds. The fourth-order valence-corrected chi connectivity index (χ4v) is 1.61. The smallest absolute Gasteiger partial charge is 0.322 e. The minimum Gasteiger partial charge on any atom is -0.494 e. The maximum atomic E-state index is 10.9. The molecule has 0 aliphatic rings. The van der Waals surface area contributed by atoms with E-state index in [-0.39, 0.29) is 5.41 Å². The molecule has 1 aromatic rings. The Balaban J connectivity index is 2.72. The van der Waals surface area contributed by atoms with E-state index in [9.17, 15) is 4.79 Å². The summed E-state index contributed by atoms with van der Waals surface area (Å²) in [5.41, 5.74) is 0.862. The molecule has 0 heterocycles. The average Bonchev–Trinajstić information content (AvgIpc) is 2.37. The second-order valence-electron chi connectivity index (χ2n) is 4.64. The van der Waals surface area contributed by atoms with Crippen molar-refractivity contribution in [2.45, 2.75) is 26.2 Å². The summed E-state index contributed by atoms with van der Waals surface area (Å²) in [5, 5.41) is 11.0. The number of benzene rings is 1. The normalized spacial score (nSPS) is 10.6. The molecule has 1 N–H and O–H groups in total. The summed E-state index contributed by atoms with van der Waals surface area (Å²) in [6.45, 7) is 7.03. The Bertz CT molecular complexity index is 444. The molecule has 0 bridgehead atoms. The Hall–Kier alpha value is -2.02. The van der Waals surface area contributed by atoms with E-state index in [4.69, 9.17) is 10.00 Å². The molecule has 96 valence electrons. The molecule has 0 saturated carbocycles. The van der Waals surface area contributed by atoms with Crippen molar-refractivity contribution < 1.29 is 9.53 Å². The second kappa shape index (κ2) is 6.06. The van der Waals surface area contributed by atoms with Crippen molar-refractivity contribution >= 4 is 5.91 Å². The lowest BCUT2D eigenvalue weighted by Gasteiger charge is -2.25. The van der Waals surface area contributed by atoms with Crippen molar-refractivity contribution in [1.29, 1.82) is 5.26 Å². The van der Waals surface area contributed by atoms with Crippen LogP contribution in [0.3, 0.4) is 0 Å². The molecule has 0 aliphatic carbocycles. The number of nitriles is 1. The van der Waals surface area contributed by atoms with Gasteiger partial charge in [0, 0.05) is 12.0 Å². The van der Waals surface area contributed by atoms with E-state index >= 15 is 0 Å². The van der Waals surface area contributed by atoms with Gasteiger partial charge in [0.25, 0.3) is 0 Å². The molecule has 4 heteroatoms. The average molecular weight is 246 g/mol. The molecule has 0 aromatic heterocycles. The number of carbonyl (C=O) groups excluding carboxylic acids is 1. The number of carbonyl (C=O) groups is 1. The predicted octanol–water partition coefficient (Wildman–Crippen LogP) is 2.00. The van der Waals surface area contributed by atoms with Crippen LogP contribution in [-0.4, -0.2) is 19.1 Å². The summed E-state index contributed by atoms with van der Waals surface area (Å²) in [7, 11) is 0. The van der Waals surface area contributed by atoms with Gasteiger partial charge >= 0.3 is 5.91 Å². The quantitative estimate of drug-likeness (QED) is 0.808. The summed E-state index contributed by atoms with van der Waals surface area (Å²) >= 11 is 0. The first-order valence-corrected chi connectivity index (χ1v) is 5.91. The van der Waals surface area contributed by atoms with Crippen molar-refractivity contribution in [1.82, 2.24) is 5.32 Å². The van der Waals surface area contributed by atoms with Gasteiger partial charge in [0.1, 0.15) is 5.75 Å². The highest BCUT2D eigenvalue weighted by molar-refractivity contribution is 5.91. The summed E-state index contributed by atoms with van der Waals surface area (Å²) in [4.78, 5) is 10.9. The number of hydrogen-bond donors (Lipinski definition) is 1. The first-order chi connectivity index (χ1) is 8.49. The maximum Gasteiger partial charge on any atom is 0.322 e. The van der Waals surface area contributed by atoms with Crippen molar-refractivity contribution in [3.63, 3.8) is 0 Å². The van der Waals surface area contributed by atoms with Crippen LogP contribution in [0.15, 0.2) is 24.3 Å². The third-order valence-electron chi connectivity index (χ3n) is 2.74. The van der Waals surface area contributed by atoms with Crippen LogP contribution in [0.4, 0.5) is 0 Å². The summed E-state index contributed by atoms with van der Waals surface area (Å²) in [6.07, 6.45) is 0. The number of rotatable bonds is 5. The molecule has 0 saturated heterocycles. The summed E-state index contributed by atoms with van der Waals surface area (Å²) in [5.74, 6) is 0.229. The van der Waals surface area contributed by atoms with E-state index in [0.29, 0.717) is 13.2 Å². The third-order valence-corrected chi connectivity index (χ3v) is 2.74. The molecule has 0 spiro atoms. The van der Waals surface area contributed by atoms with Gasteiger partial charge in [0.15, 0.2) is 6.07 Å². The second-order valence-corrected chi connectivity index (χ2v) is 4.64. The van der Waals surface area contributed by atoms with E-state index in [1.165, 1.54) is 0 Å². The standard InChI is InChI=1S/C14H18N2O2/c1-4-18-12-7-5-11(6-8-12)14(2,3)10-16-13(17)9-15/h5-8H,4,10H2,1-3H3,(H,16,17). The minimum absolute atomic E-state index is 0.225. The Morgan fingerprint density at radius 3 is 2.50 bits per heavy atom. The van der Waals surface area contributed by atoms with Gasteiger partial charge in [-0.15, -0.1) is 0 Å². The SMILES string of the molecule is CCOc1ccc(C(C)(C)CNC(=O)C#N)cc1. The van der Waals surface area contributed by atoms with Crippen molar-refractivity contribution in [3.8, 4) is 11.8 Å². The lowest BCUT2D eigenvalue weighted by molar-refractivity contribution is -0.116. The van der Waals surface area contributed by atoms with Gasteiger partial charge in [0.05, 0.1) is 6.61 Å². The van der Waals surface area contributed by atoms with Crippen LogP contribution in [0.25, 0.3) is 0 Å². The Kier molecular flexibility index (Phi) is 4.73. The molecule has 1 aromatic carbocycles. The molecule has 0 fully saturated rings. The maximum absolute atomic E-state index is 10.9. The van der Waals surface area contributed by atoms with Crippen LogP contribution >= 0.6 is 0 Å². The molecule has 1 rings (SSSR count). The first-order valence-electron chi connectivity index (χ1n) is 5.91. The topological polar surface area (TPSA) is 62.1 Å². The van der Waals surface area contributed by atoms with E-state index in [0.717, 1.165) is 11.3 Å². The van der Waals surface area contributed by atoms with Gasteiger partial charge in [-0.05, 0) is 24.6 Å². The fraction of sp³-hybridized carbons (Fsp3) is 0.429. The molecular weight excluding hydrogens is 228 g/mol. The first kappa shape index (κ1) is 14.0. The third kappa shape index (κ3) is 3.77. The van der Waals surface area contributed by atoms with Crippen LogP contribution < -0.4 is 10.1 Å². The molecule has 0 radical (unpaired) electrons. The van der Waals surface area contributed by atoms with Crippen LogP contribution in [0.5, 0.6) is 5.75 Å². The number of nitrogens with one attached hydrogen (secondary N) is 1. The van der Waals surface area contributed by atoms with Crippen LogP contribution in [0.2, 0.25) is 0 Å². The molecule has 0 aliphatic heterocycles. The Morgan fingerprint density at radius 2 is 2.00 bits per heavy atom. The van der Waals surface area contributed by atoms with E-state index < -0.39 is 5.91 Å². The van der Waals surface area contributed by atoms with Gasteiger partial charge < -0.3 is 10.1 Å². The molecule has 4 nitrogen and oxygen atoms in total. The molecule has 0 atom stereocenters. The van der Waals surface area contributed by atoms with Gasteiger partial charge in [-0.25, -0.2) is 0 Å². The van der Waals surface area contributed by atoms with Crippen molar-refractivity contribution in [2.75, 3.05) is 13.2 Å². The molecule has 0 unspecified atom stereocenters. The zero-order valence-electron chi connectivity index (χ0n) is 11.0. The monoisotopic (exact) mass is 246 g/mol. The number of hydrogen-bond acceptors (Lipinski definition) is 3. The fourth-order valence-electron chi connectivity index (χ4n) is 1.61. The Labute approximate surface area is 108 Å². The van der Waals surface area contributed by atoms with Crippen molar-refractivity contribution in [2.24, 2.45) is 0 Å². The highest BCUT2D eigenvalue weighted by atomic mass is 16.5. The van der Waals surface area contributed by atoms with Crippen molar-refractivity contribution in [3.05, 3.63) is 29.8 Å². The van der Waals surface area contributed by atoms with Gasteiger partial charge in [0.2, 0.25) is 0 Å². The van der Waals surface area contributed by atoms with Gasteiger partial charge in [-0.1, -0.05) is 26.0 Å². The number of nitrogens with zero attached hydrogens (tertiary/aromatic N) is 1. The minimum atomic E-state index is -0.603. The van der Waals surface area contributed by atoms with E-state index in [2.05, 4.69) is 5.32 Å². The lowest BCUT2D eigenvalue weighted by atomic mass is 9.84. The summed E-state index contributed by atoms with van der Waals surface area (Å²) < 4.78 is 5.38. The summed E-state index contributed by atoms with van der Waals surface area (Å²) in [6, 6.07) is 9.32. The predicted molar refractivity (Wildman–Crippen MR) is 69.3 cm³/mol. The van der Waals surface area contributed by atoms with Crippen LogP contribution in [-0.2, 0) is 10.2 Å². The Morgan fingerprint density at radius 1 is 1.39 bits per heavy atom. The van der Waals surface area contributed by atoms with Crippen LogP contribution in [0, 0.1) is 11.3 Å². The van der Waals surface area contributed by atoms with Gasteiger partial charge in [-0.3, -0.25) is 4.79 Å². The lowest BCUT2D eigenvalue weighted by Crippen LogP contribution is -2.35. The zero-order valence-corrected chi connectivity index (χ0v) is 11.0. The highest BCUT2D eigenvalue weighted by Crippen LogP contribution is 2.24. The number of ether oxygens (including phenoxy) is 1. The van der Waals surface area contributed by atoms with Gasteiger partial charge in [-0.2, -0.15) is 5.26 Å². The number of amides is 1. The molecular formula is C14H18N2O2. The van der Waals surface area contributed by atoms with E-state index in [1.807, 2.05) is 45.0 Å². The van der Waals surface area contributed by atoms with Crippen LogP contribution in [0.1, 0.15) is 26.3 Å². The zero-order chi connectivity index (χ0) is 13.6. The van der Waals surface area contributed by atoms with E-state index in [1.54, 1.807) is 6.07 Å². The highest BCUT2D eigenvalue weighted by Gasteiger charge is 2.21.